The van der Waals surface area contributed by atoms with Crippen molar-refractivity contribution in [2.45, 2.75) is 0 Å². The Morgan fingerprint density at radius 3 is 2.77 bits per heavy atom. The highest BCUT2D eigenvalue weighted by Crippen LogP contribution is 2.45. The third-order valence-electron chi connectivity index (χ3n) is 3.63. The molecule has 3 aromatic rings. The van der Waals surface area contributed by atoms with Crippen LogP contribution in [0.2, 0.25) is 0 Å². The third-order valence-corrected chi connectivity index (χ3v) is 3.63. The molecule has 0 atom stereocenters. The van der Waals surface area contributed by atoms with Crippen molar-refractivity contribution >= 4 is 0 Å². The van der Waals surface area contributed by atoms with E-state index >= 15 is 0 Å². The molecule has 0 aliphatic carbocycles. The van der Waals surface area contributed by atoms with E-state index in [-0.39, 0.29) is 6.79 Å². The van der Waals surface area contributed by atoms with E-state index in [4.69, 9.17) is 14.2 Å². The van der Waals surface area contributed by atoms with Crippen molar-refractivity contribution in [1.29, 1.82) is 0 Å². The van der Waals surface area contributed by atoms with Gasteiger partial charge in [-0.2, -0.15) is 0 Å². The molecule has 0 amide bonds. The van der Waals surface area contributed by atoms with Crippen LogP contribution >= 0.6 is 0 Å². The van der Waals surface area contributed by atoms with Gasteiger partial charge in [-0.3, -0.25) is 0 Å². The molecule has 22 heavy (non-hydrogen) atoms. The van der Waals surface area contributed by atoms with Crippen molar-refractivity contribution in [3.8, 4) is 39.8 Å². The van der Waals surface area contributed by atoms with Crippen LogP contribution in [0.15, 0.2) is 48.8 Å². The summed E-state index contributed by atoms with van der Waals surface area (Å²) < 4.78 is 16.3. The number of H-pyrrole nitrogens is 1. The van der Waals surface area contributed by atoms with Crippen LogP contribution in [0.4, 0.5) is 0 Å². The van der Waals surface area contributed by atoms with Gasteiger partial charge in [0.25, 0.3) is 0 Å². The number of aromatic amines is 1. The summed E-state index contributed by atoms with van der Waals surface area (Å²) in [5.74, 6) is 1.96. The zero-order chi connectivity index (χ0) is 14.9. The average Bonchev–Trinajstić information content (AvgIpc) is 3.23. The molecule has 5 heteroatoms. The largest absolute Gasteiger partial charge is 0.493 e. The second kappa shape index (κ2) is 5.11. The molecule has 1 aliphatic rings. The van der Waals surface area contributed by atoms with Crippen molar-refractivity contribution in [2.75, 3.05) is 13.9 Å². The number of ether oxygens (including phenoxy) is 3. The number of methoxy groups -OCH3 is 1. The Kier molecular flexibility index (Phi) is 2.96. The Balaban J connectivity index is 1.86. The Morgan fingerprint density at radius 2 is 1.95 bits per heavy atom. The predicted octanol–water partition coefficient (Wildman–Crippen LogP) is 3.48. The van der Waals surface area contributed by atoms with E-state index in [1.807, 2.05) is 42.5 Å². The number of benzene rings is 2. The molecule has 1 N–H and O–H groups in total. The second-order valence-corrected chi connectivity index (χ2v) is 4.90. The fraction of sp³-hybridized carbons (Fsp3) is 0.118. The van der Waals surface area contributed by atoms with Crippen LogP contribution in [-0.2, 0) is 0 Å². The average molecular weight is 294 g/mol. The maximum atomic E-state index is 5.49. The summed E-state index contributed by atoms with van der Waals surface area (Å²) in [6.07, 6.45) is 1.69. The van der Waals surface area contributed by atoms with Gasteiger partial charge in [0.1, 0.15) is 0 Å². The molecular formula is C17H14N2O3. The summed E-state index contributed by atoms with van der Waals surface area (Å²) in [4.78, 5) is 7.66. The van der Waals surface area contributed by atoms with Gasteiger partial charge >= 0.3 is 0 Å². The van der Waals surface area contributed by atoms with Crippen LogP contribution in [-0.4, -0.2) is 23.9 Å². The zero-order valence-electron chi connectivity index (χ0n) is 12.0. The van der Waals surface area contributed by atoms with E-state index in [0.717, 1.165) is 22.5 Å². The molecule has 0 saturated heterocycles. The number of hydrogen-bond acceptors (Lipinski definition) is 4. The maximum Gasteiger partial charge on any atom is 0.231 e. The van der Waals surface area contributed by atoms with Crippen molar-refractivity contribution < 1.29 is 14.2 Å². The van der Waals surface area contributed by atoms with Crippen molar-refractivity contribution in [3.63, 3.8) is 0 Å². The van der Waals surface area contributed by atoms with Gasteiger partial charge in [0.05, 0.1) is 24.8 Å². The van der Waals surface area contributed by atoms with E-state index in [2.05, 4.69) is 9.97 Å². The smallest absolute Gasteiger partial charge is 0.231 e. The first-order valence-electron chi connectivity index (χ1n) is 6.93. The lowest BCUT2D eigenvalue weighted by Crippen LogP contribution is -1.93. The van der Waals surface area contributed by atoms with Crippen LogP contribution in [0.5, 0.6) is 17.2 Å². The summed E-state index contributed by atoms with van der Waals surface area (Å²) in [5, 5.41) is 0. The number of aromatic nitrogens is 2. The summed E-state index contributed by atoms with van der Waals surface area (Å²) in [7, 11) is 1.61. The van der Waals surface area contributed by atoms with Crippen LogP contribution in [0.1, 0.15) is 0 Å². The number of fused-ring (bicyclic) bond motifs is 1. The van der Waals surface area contributed by atoms with Gasteiger partial charge in [-0.1, -0.05) is 30.3 Å². The van der Waals surface area contributed by atoms with Crippen molar-refractivity contribution in [3.05, 3.63) is 48.8 Å². The lowest BCUT2D eigenvalue weighted by molar-refractivity contribution is 0.171. The minimum atomic E-state index is 0.210. The number of rotatable bonds is 3. The highest BCUT2D eigenvalue weighted by atomic mass is 16.7. The molecule has 1 aromatic heterocycles. The molecule has 0 saturated carbocycles. The lowest BCUT2D eigenvalue weighted by atomic mass is 10.0. The van der Waals surface area contributed by atoms with Crippen LogP contribution < -0.4 is 14.2 Å². The van der Waals surface area contributed by atoms with E-state index in [0.29, 0.717) is 17.2 Å². The Morgan fingerprint density at radius 1 is 1.09 bits per heavy atom. The first-order chi connectivity index (χ1) is 10.9. The second-order valence-electron chi connectivity index (χ2n) is 4.90. The summed E-state index contributed by atoms with van der Waals surface area (Å²) in [6.45, 7) is 0.210. The zero-order valence-corrected chi connectivity index (χ0v) is 12.0. The molecule has 2 heterocycles. The van der Waals surface area contributed by atoms with Gasteiger partial charge in [0, 0.05) is 11.1 Å². The quantitative estimate of drug-likeness (QED) is 0.803. The van der Waals surface area contributed by atoms with Crippen LogP contribution in [0, 0.1) is 0 Å². The first-order valence-corrected chi connectivity index (χ1v) is 6.93. The molecule has 0 spiro atoms. The molecule has 0 unspecified atom stereocenters. The first kappa shape index (κ1) is 12.8. The molecule has 0 bridgehead atoms. The summed E-state index contributed by atoms with van der Waals surface area (Å²) in [5.41, 5.74) is 3.80. The highest BCUT2D eigenvalue weighted by Gasteiger charge is 2.22. The van der Waals surface area contributed by atoms with Gasteiger partial charge in [-0.25, -0.2) is 4.98 Å². The molecule has 0 radical (unpaired) electrons. The molecule has 1 aliphatic heterocycles. The molecule has 5 nitrogen and oxygen atoms in total. The number of nitrogens with one attached hydrogen (secondary N) is 1. The summed E-state index contributed by atoms with van der Waals surface area (Å²) >= 11 is 0. The molecular weight excluding hydrogens is 280 g/mol. The Bertz CT molecular complexity index is 812. The lowest BCUT2D eigenvalue weighted by Gasteiger charge is -2.08. The monoisotopic (exact) mass is 294 g/mol. The predicted molar refractivity (Wildman–Crippen MR) is 82.1 cm³/mol. The Hall–Kier alpha value is -2.95. The van der Waals surface area contributed by atoms with Crippen LogP contribution in [0.25, 0.3) is 22.5 Å². The van der Waals surface area contributed by atoms with Gasteiger partial charge in [-0.05, 0) is 12.1 Å². The van der Waals surface area contributed by atoms with E-state index in [1.165, 1.54) is 0 Å². The fourth-order valence-corrected chi connectivity index (χ4v) is 2.60. The van der Waals surface area contributed by atoms with E-state index in [9.17, 15) is 0 Å². The molecule has 110 valence electrons. The Labute approximate surface area is 127 Å². The minimum absolute atomic E-state index is 0.210. The van der Waals surface area contributed by atoms with Gasteiger partial charge in [0.2, 0.25) is 12.5 Å². The van der Waals surface area contributed by atoms with E-state index in [1.54, 1.807) is 13.4 Å². The normalized spacial score (nSPS) is 12.4. The van der Waals surface area contributed by atoms with Crippen molar-refractivity contribution in [2.24, 2.45) is 0 Å². The van der Waals surface area contributed by atoms with Gasteiger partial charge in [-0.15, -0.1) is 0 Å². The SMILES string of the molecule is COc1cc(-c2nc[nH]c2-c2ccccc2)cc2c1OCO2. The van der Waals surface area contributed by atoms with E-state index < -0.39 is 0 Å². The number of imidazole rings is 1. The number of hydrogen-bond donors (Lipinski definition) is 1. The third kappa shape index (κ3) is 1.98. The van der Waals surface area contributed by atoms with Gasteiger partial charge < -0.3 is 19.2 Å². The summed E-state index contributed by atoms with van der Waals surface area (Å²) in [6, 6.07) is 13.9. The maximum absolute atomic E-state index is 5.49. The topological polar surface area (TPSA) is 56.4 Å². The van der Waals surface area contributed by atoms with Crippen LogP contribution in [0.3, 0.4) is 0 Å². The highest BCUT2D eigenvalue weighted by molar-refractivity contribution is 5.80. The fourth-order valence-electron chi connectivity index (χ4n) is 2.60. The van der Waals surface area contributed by atoms with Gasteiger partial charge in [0.15, 0.2) is 11.5 Å². The standard InChI is InChI=1S/C17H14N2O3/c1-20-13-7-12(8-14-17(13)22-10-21-14)16-15(18-9-19-16)11-5-3-2-4-6-11/h2-9H,10H2,1H3,(H,18,19). The minimum Gasteiger partial charge on any atom is -0.493 e. The molecule has 4 rings (SSSR count). The van der Waals surface area contributed by atoms with Crippen molar-refractivity contribution in [1.82, 2.24) is 9.97 Å². The number of nitrogens with zero attached hydrogens (tertiary/aromatic N) is 1. The molecule has 0 fully saturated rings. The molecule has 2 aromatic carbocycles.